The van der Waals surface area contributed by atoms with Gasteiger partial charge in [0.2, 0.25) is 15.9 Å². The predicted octanol–water partition coefficient (Wildman–Crippen LogP) is 4.62. The van der Waals surface area contributed by atoms with E-state index in [9.17, 15) is 22.8 Å². The number of carbonyl (C=O) groups excluding carboxylic acids is 3. The van der Waals surface area contributed by atoms with Gasteiger partial charge in [0.25, 0.3) is 5.91 Å². The lowest BCUT2D eigenvalue weighted by molar-refractivity contribution is -0.114. The molecule has 1 heterocycles. The molecule has 13 nitrogen and oxygen atoms in total. The molecule has 2 atom stereocenters. The molecule has 1 aliphatic rings. The molecule has 0 unspecified atom stereocenters. The lowest BCUT2D eigenvalue weighted by atomic mass is 10.0. The number of nitrogens with zero attached hydrogens (tertiary/aromatic N) is 3. The van der Waals surface area contributed by atoms with E-state index in [1.54, 1.807) is 75.2 Å². The number of amides is 3. The third-order valence-electron chi connectivity index (χ3n) is 7.61. The van der Waals surface area contributed by atoms with E-state index in [0.29, 0.717) is 48.1 Å². The Morgan fingerprint density at radius 2 is 1.73 bits per heavy atom. The number of sulfonamides is 1. The first kappa shape index (κ1) is 38.4. The average molecular weight is 691 g/mol. The first-order valence-electron chi connectivity index (χ1n) is 15.9. The van der Waals surface area contributed by atoms with Crippen LogP contribution in [0.25, 0.3) is 0 Å². The Morgan fingerprint density at radius 3 is 2.31 bits per heavy atom. The van der Waals surface area contributed by atoms with Gasteiger partial charge in [0.1, 0.15) is 5.60 Å². The van der Waals surface area contributed by atoms with Crippen molar-refractivity contribution in [3.63, 3.8) is 0 Å². The summed E-state index contributed by atoms with van der Waals surface area (Å²) < 4.78 is 50.4. The number of methoxy groups -OCH3 is 2. The van der Waals surface area contributed by atoms with Gasteiger partial charge in [-0.05, 0) is 71.0 Å². The van der Waals surface area contributed by atoms with Crippen molar-refractivity contribution in [2.24, 2.45) is 5.92 Å². The van der Waals surface area contributed by atoms with Crippen molar-refractivity contribution in [2.45, 2.75) is 65.6 Å². The summed E-state index contributed by atoms with van der Waals surface area (Å²) in [6.45, 7) is 11.6. The molecule has 0 radical (unpaired) electrons. The Bertz CT molecular complexity index is 1540. The number of nitrogens with one attached hydrogen (secondary N) is 1. The largest absolute Gasteiger partial charge is 0.493 e. The van der Waals surface area contributed by atoms with Gasteiger partial charge in [0.05, 0.1) is 31.7 Å². The van der Waals surface area contributed by atoms with Crippen LogP contribution in [0.2, 0.25) is 0 Å². The Labute approximate surface area is 284 Å². The van der Waals surface area contributed by atoms with Crippen LogP contribution in [0, 0.1) is 5.92 Å². The molecule has 1 aliphatic heterocycles. The lowest BCUT2D eigenvalue weighted by Gasteiger charge is -2.36. The van der Waals surface area contributed by atoms with Gasteiger partial charge in [-0.25, -0.2) is 13.2 Å². The molecule has 48 heavy (non-hydrogen) atoms. The third kappa shape index (κ3) is 10.5. The molecular formula is C34H50N4O9S. The van der Waals surface area contributed by atoms with Gasteiger partial charge in [-0.2, -0.15) is 0 Å². The molecule has 3 amide bonds. The summed E-state index contributed by atoms with van der Waals surface area (Å²) in [6.07, 6.45) is 1.17. The van der Waals surface area contributed by atoms with Gasteiger partial charge in [-0.1, -0.05) is 6.07 Å². The van der Waals surface area contributed by atoms with Crippen LogP contribution >= 0.6 is 0 Å². The number of rotatable bonds is 14. The predicted molar refractivity (Wildman–Crippen MR) is 184 cm³/mol. The molecule has 0 spiro atoms. The molecule has 14 heteroatoms. The van der Waals surface area contributed by atoms with E-state index in [1.807, 2.05) is 13.8 Å². The number of anilines is 2. The molecule has 0 bridgehead atoms. The molecule has 1 N–H and O–H groups in total. The highest BCUT2D eigenvalue weighted by atomic mass is 32.2. The minimum atomic E-state index is -3.92. The quantitative estimate of drug-likeness (QED) is 0.281. The average Bonchev–Trinajstić information content (AvgIpc) is 3.39. The molecule has 2 aromatic rings. The van der Waals surface area contributed by atoms with E-state index in [0.717, 1.165) is 6.26 Å². The summed E-state index contributed by atoms with van der Waals surface area (Å²) in [5.41, 5.74) is 0.335. The topological polar surface area (TPSA) is 144 Å². The van der Waals surface area contributed by atoms with E-state index in [4.69, 9.17) is 18.9 Å². The van der Waals surface area contributed by atoms with Crippen molar-refractivity contribution in [3.05, 3.63) is 48.0 Å². The van der Waals surface area contributed by atoms with Crippen LogP contribution < -0.4 is 19.1 Å². The number of ether oxygens (including phenoxy) is 4. The Balaban J connectivity index is 2.03. The number of hydrogen-bond acceptors (Lipinski definition) is 9. The Morgan fingerprint density at radius 1 is 1.02 bits per heavy atom. The number of hydrogen-bond donors (Lipinski definition) is 1. The lowest BCUT2D eigenvalue weighted by Crippen LogP contribution is -2.49. The summed E-state index contributed by atoms with van der Waals surface area (Å²) in [5, 5.41) is 2.69. The zero-order valence-electron chi connectivity index (χ0n) is 29.4. The smallest absolute Gasteiger partial charge is 0.410 e. The minimum absolute atomic E-state index is 0.0269. The monoisotopic (exact) mass is 690 g/mol. The van der Waals surface area contributed by atoms with E-state index in [2.05, 4.69) is 5.32 Å². The number of likely N-dealkylation sites (tertiary alicyclic amines) is 1. The Kier molecular flexibility index (Phi) is 13.1. The molecule has 0 saturated carbocycles. The second kappa shape index (κ2) is 16.4. The van der Waals surface area contributed by atoms with Crippen LogP contribution in [-0.4, -0.2) is 107 Å². The molecule has 1 fully saturated rings. The fourth-order valence-corrected chi connectivity index (χ4v) is 6.81. The van der Waals surface area contributed by atoms with Crippen LogP contribution in [0.5, 0.6) is 11.5 Å². The summed E-state index contributed by atoms with van der Waals surface area (Å²) >= 11 is 0. The fraction of sp³-hybridized carbons (Fsp3) is 0.559. The van der Waals surface area contributed by atoms with Crippen LogP contribution in [-0.2, 0) is 24.3 Å². The van der Waals surface area contributed by atoms with Crippen molar-refractivity contribution in [1.29, 1.82) is 0 Å². The van der Waals surface area contributed by atoms with Gasteiger partial charge in [0.15, 0.2) is 11.5 Å². The van der Waals surface area contributed by atoms with E-state index >= 15 is 0 Å². The molecule has 1 saturated heterocycles. The summed E-state index contributed by atoms with van der Waals surface area (Å²) in [7, 11) is -0.785. The van der Waals surface area contributed by atoms with E-state index in [-0.39, 0.29) is 37.5 Å². The van der Waals surface area contributed by atoms with Gasteiger partial charge in [-0.15, -0.1) is 0 Å². The van der Waals surface area contributed by atoms with Gasteiger partial charge in [-0.3, -0.25) is 13.9 Å². The second-order valence-corrected chi connectivity index (χ2v) is 15.0. The maximum absolute atomic E-state index is 14.1. The van der Waals surface area contributed by atoms with Crippen molar-refractivity contribution in [1.82, 2.24) is 9.80 Å². The van der Waals surface area contributed by atoms with Gasteiger partial charge >= 0.3 is 6.09 Å². The molecule has 2 aromatic carbocycles. The normalized spacial score (nSPS) is 16.4. The standard InChI is InChI=1S/C34H50N4O9S/c1-23(2)37(32(40)25-14-15-30(45-8)31(18-25)46-17-11-16-44-7)21-26-20-36(33(41)47-34(4,5)6)22-29(26)38(48(9,42)43)28-13-10-12-27(19-28)35-24(3)39/h10,12-15,18-19,23,26,29H,11,16-17,20-22H2,1-9H3,(H,35,39)/t26-,29+/m0/s1. The highest BCUT2D eigenvalue weighted by Gasteiger charge is 2.44. The third-order valence-corrected chi connectivity index (χ3v) is 8.81. The molecule has 0 aromatic heterocycles. The molecule has 3 rings (SSSR count). The zero-order chi connectivity index (χ0) is 35.8. The Hall–Kier alpha value is -4.04. The van der Waals surface area contributed by atoms with Gasteiger partial charge < -0.3 is 34.1 Å². The van der Waals surface area contributed by atoms with Crippen molar-refractivity contribution in [2.75, 3.05) is 62.9 Å². The highest BCUT2D eigenvalue weighted by Crippen LogP contribution is 2.34. The van der Waals surface area contributed by atoms with Crippen LogP contribution in [0.4, 0.5) is 16.2 Å². The van der Waals surface area contributed by atoms with Crippen LogP contribution in [0.1, 0.15) is 58.3 Å². The van der Waals surface area contributed by atoms with Crippen molar-refractivity contribution >= 4 is 39.3 Å². The van der Waals surface area contributed by atoms with Crippen LogP contribution in [0.15, 0.2) is 42.5 Å². The maximum Gasteiger partial charge on any atom is 0.410 e. The first-order chi connectivity index (χ1) is 22.4. The van der Waals surface area contributed by atoms with Gasteiger partial charge in [0, 0.05) is 69.9 Å². The molecule has 0 aliphatic carbocycles. The second-order valence-electron chi connectivity index (χ2n) is 13.1. The number of benzene rings is 2. The molecular weight excluding hydrogens is 640 g/mol. The van der Waals surface area contributed by atoms with E-state index in [1.165, 1.54) is 23.2 Å². The van der Waals surface area contributed by atoms with Crippen molar-refractivity contribution in [3.8, 4) is 11.5 Å². The fourth-order valence-electron chi connectivity index (χ4n) is 5.58. The zero-order valence-corrected chi connectivity index (χ0v) is 30.3. The molecule has 266 valence electrons. The maximum atomic E-state index is 14.1. The van der Waals surface area contributed by atoms with Crippen molar-refractivity contribution < 1.29 is 41.7 Å². The summed E-state index contributed by atoms with van der Waals surface area (Å²) in [4.78, 5) is 42.4. The number of carbonyl (C=O) groups is 3. The minimum Gasteiger partial charge on any atom is -0.493 e. The SMILES string of the molecule is COCCCOc1cc(C(=O)N(C[C@@H]2CN(C(=O)OC(C)(C)C)C[C@H]2N(c2cccc(NC(C)=O)c2)S(C)(=O)=O)C(C)C)ccc1OC. The summed E-state index contributed by atoms with van der Waals surface area (Å²) in [6, 6.07) is 10.5. The summed E-state index contributed by atoms with van der Waals surface area (Å²) in [5.74, 6) is -0.205. The van der Waals surface area contributed by atoms with Crippen LogP contribution in [0.3, 0.4) is 0 Å². The highest BCUT2D eigenvalue weighted by molar-refractivity contribution is 7.92. The first-order valence-corrected chi connectivity index (χ1v) is 17.8. The van der Waals surface area contributed by atoms with E-state index < -0.39 is 33.7 Å².